The Hall–Kier alpha value is -2.20. The Morgan fingerprint density at radius 1 is 1.20 bits per heavy atom. The van der Waals surface area contributed by atoms with Crippen molar-refractivity contribution >= 4 is 5.91 Å². The molecule has 2 aromatic rings. The molecular weight excluding hydrogens is 252 g/mol. The summed E-state index contributed by atoms with van der Waals surface area (Å²) in [4.78, 5) is 16.3. The number of nitrogens with one attached hydrogen (secondary N) is 1. The molecule has 4 heteroatoms. The van der Waals surface area contributed by atoms with Crippen molar-refractivity contribution in [3.05, 3.63) is 65.0 Å². The van der Waals surface area contributed by atoms with E-state index in [-0.39, 0.29) is 5.91 Å². The summed E-state index contributed by atoms with van der Waals surface area (Å²) in [5.74, 6) is -0.0997. The molecule has 0 aliphatic carbocycles. The number of nitrogens with zero attached hydrogens (tertiary/aromatic N) is 1. The summed E-state index contributed by atoms with van der Waals surface area (Å²) in [5, 5.41) is 2.86. The third-order valence-corrected chi connectivity index (χ3v) is 2.90. The fourth-order valence-corrected chi connectivity index (χ4v) is 1.89. The fraction of sp³-hybridized carbons (Fsp3) is 0.250. The number of hydrogen-bond donors (Lipinski definition) is 1. The third-order valence-electron chi connectivity index (χ3n) is 2.90. The Kier molecular flexibility index (Phi) is 4.85. The van der Waals surface area contributed by atoms with Crippen LogP contribution in [0.2, 0.25) is 0 Å². The summed E-state index contributed by atoms with van der Waals surface area (Å²) in [6.07, 6.45) is 0. The summed E-state index contributed by atoms with van der Waals surface area (Å²) in [6, 6.07) is 13.1. The summed E-state index contributed by atoms with van der Waals surface area (Å²) < 4.78 is 5.04. The van der Waals surface area contributed by atoms with Gasteiger partial charge in [-0.2, -0.15) is 0 Å². The number of pyridine rings is 1. The highest BCUT2D eigenvalue weighted by molar-refractivity contribution is 5.94. The van der Waals surface area contributed by atoms with E-state index >= 15 is 0 Å². The van der Waals surface area contributed by atoms with Gasteiger partial charge in [0.1, 0.15) is 0 Å². The molecule has 2 rings (SSSR count). The van der Waals surface area contributed by atoms with Gasteiger partial charge in [-0.05, 0) is 36.8 Å². The van der Waals surface area contributed by atoms with E-state index in [0.717, 1.165) is 17.0 Å². The minimum atomic E-state index is -0.0997. The Labute approximate surface area is 118 Å². The highest BCUT2D eigenvalue weighted by Crippen LogP contribution is 2.06. The lowest BCUT2D eigenvalue weighted by Gasteiger charge is -2.06. The van der Waals surface area contributed by atoms with Gasteiger partial charge in [0.15, 0.2) is 0 Å². The molecule has 20 heavy (non-hydrogen) atoms. The maximum absolute atomic E-state index is 12.0. The van der Waals surface area contributed by atoms with Crippen LogP contribution in [0.1, 0.15) is 27.3 Å². The number of ether oxygens (including phenoxy) is 1. The zero-order valence-corrected chi connectivity index (χ0v) is 11.7. The van der Waals surface area contributed by atoms with Crippen molar-refractivity contribution in [2.24, 2.45) is 0 Å². The van der Waals surface area contributed by atoms with E-state index in [1.165, 1.54) is 0 Å². The molecule has 0 spiro atoms. The lowest BCUT2D eigenvalue weighted by molar-refractivity contribution is 0.0950. The van der Waals surface area contributed by atoms with Crippen LogP contribution < -0.4 is 5.32 Å². The summed E-state index contributed by atoms with van der Waals surface area (Å²) in [7, 11) is 1.65. The summed E-state index contributed by atoms with van der Waals surface area (Å²) >= 11 is 0. The minimum absolute atomic E-state index is 0.0997. The molecule has 0 saturated heterocycles. The average molecular weight is 270 g/mol. The maximum atomic E-state index is 12.0. The summed E-state index contributed by atoms with van der Waals surface area (Å²) in [5.41, 5.74) is 3.48. The van der Waals surface area contributed by atoms with Crippen molar-refractivity contribution in [2.75, 3.05) is 7.11 Å². The van der Waals surface area contributed by atoms with Gasteiger partial charge >= 0.3 is 0 Å². The molecule has 0 unspecified atom stereocenters. The van der Waals surface area contributed by atoms with E-state index in [1.54, 1.807) is 19.2 Å². The molecule has 0 aliphatic rings. The van der Waals surface area contributed by atoms with Gasteiger partial charge in [0.2, 0.25) is 0 Å². The Balaban J connectivity index is 1.94. The van der Waals surface area contributed by atoms with Crippen molar-refractivity contribution in [2.45, 2.75) is 20.1 Å². The van der Waals surface area contributed by atoms with Gasteiger partial charge in [0, 0.05) is 18.4 Å². The first-order valence-electron chi connectivity index (χ1n) is 6.47. The van der Waals surface area contributed by atoms with Crippen LogP contribution in [-0.2, 0) is 17.9 Å². The fourth-order valence-electron chi connectivity index (χ4n) is 1.89. The number of aromatic nitrogens is 1. The Morgan fingerprint density at radius 3 is 2.60 bits per heavy atom. The van der Waals surface area contributed by atoms with E-state index in [0.29, 0.717) is 18.7 Å². The number of rotatable bonds is 5. The third kappa shape index (κ3) is 3.90. The first kappa shape index (κ1) is 14.2. The second kappa shape index (κ2) is 6.82. The van der Waals surface area contributed by atoms with E-state index < -0.39 is 0 Å². The molecule has 1 amide bonds. The second-order valence-electron chi connectivity index (χ2n) is 4.58. The van der Waals surface area contributed by atoms with Gasteiger partial charge < -0.3 is 10.1 Å². The molecule has 1 N–H and O–H groups in total. The number of amides is 1. The zero-order chi connectivity index (χ0) is 14.4. The van der Waals surface area contributed by atoms with Crippen LogP contribution in [-0.4, -0.2) is 18.0 Å². The summed E-state index contributed by atoms with van der Waals surface area (Å²) in [6.45, 7) is 2.91. The van der Waals surface area contributed by atoms with E-state index in [2.05, 4.69) is 10.3 Å². The zero-order valence-electron chi connectivity index (χ0n) is 11.7. The van der Waals surface area contributed by atoms with Gasteiger partial charge in [-0.1, -0.05) is 18.2 Å². The van der Waals surface area contributed by atoms with Crippen LogP contribution in [0.4, 0.5) is 0 Å². The molecule has 1 aromatic heterocycles. The highest BCUT2D eigenvalue weighted by atomic mass is 16.5. The van der Waals surface area contributed by atoms with E-state index in [4.69, 9.17) is 4.74 Å². The highest BCUT2D eigenvalue weighted by Gasteiger charge is 2.05. The number of aryl methyl sites for hydroxylation is 1. The first-order valence-corrected chi connectivity index (χ1v) is 6.47. The smallest absolute Gasteiger partial charge is 0.251 e. The monoisotopic (exact) mass is 270 g/mol. The predicted molar refractivity (Wildman–Crippen MR) is 77.3 cm³/mol. The number of hydrogen-bond acceptors (Lipinski definition) is 3. The van der Waals surface area contributed by atoms with E-state index in [9.17, 15) is 4.79 Å². The first-order chi connectivity index (χ1) is 9.69. The molecule has 104 valence electrons. The molecule has 1 aromatic carbocycles. The van der Waals surface area contributed by atoms with Crippen molar-refractivity contribution in [1.29, 1.82) is 0 Å². The minimum Gasteiger partial charge on any atom is -0.380 e. The topological polar surface area (TPSA) is 51.2 Å². The lowest BCUT2D eigenvalue weighted by atomic mass is 10.1. The molecule has 0 saturated carbocycles. The largest absolute Gasteiger partial charge is 0.380 e. The molecule has 4 nitrogen and oxygen atoms in total. The molecule has 1 heterocycles. The molecule has 0 radical (unpaired) electrons. The average Bonchev–Trinajstić information content (AvgIpc) is 2.46. The SMILES string of the molecule is COCc1ccc(C(=O)NCc2cccc(C)n2)cc1. The van der Waals surface area contributed by atoms with Crippen LogP contribution in [0.15, 0.2) is 42.5 Å². The second-order valence-corrected chi connectivity index (χ2v) is 4.58. The van der Waals surface area contributed by atoms with Crippen LogP contribution in [0.3, 0.4) is 0 Å². The van der Waals surface area contributed by atoms with Crippen LogP contribution in [0, 0.1) is 6.92 Å². The van der Waals surface area contributed by atoms with Crippen molar-refractivity contribution in [3.63, 3.8) is 0 Å². The van der Waals surface area contributed by atoms with Gasteiger partial charge in [-0.25, -0.2) is 0 Å². The lowest BCUT2D eigenvalue weighted by Crippen LogP contribution is -2.23. The van der Waals surface area contributed by atoms with E-state index in [1.807, 2.05) is 37.3 Å². The molecule has 0 fully saturated rings. The molecule has 0 aliphatic heterocycles. The Bertz CT molecular complexity index is 579. The van der Waals surface area contributed by atoms with Gasteiger partial charge in [-0.3, -0.25) is 9.78 Å². The van der Waals surface area contributed by atoms with Crippen LogP contribution in [0.5, 0.6) is 0 Å². The number of carbonyl (C=O) groups is 1. The van der Waals surface area contributed by atoms with Crippen molar-refractivity contribution in [3.8, 4) is 0 Å². The predicted octanol–water partition coefficient (Wildman–Crippen LogP) is 2.47. The molecule has 0 atom stereocenters. The van der Waals surface area contributed by atoms with Crippen molar-refractivity contribution in [1.82, 2.24) is 10.3 Å². The van der Waals surface area contributed by atoms with Crippen LogP contribution in [0.25, 0.3) is 0 Å². The quantitative estimate of drug-likeness (QED) is 0.908. The molecule has 0 bridgehead atoms. The van der Waals surface area contributed by atoms with Crippen LogP contribution >= 0.6 is 0 Å². The normalized spacial score (nSPS) is 10.3. The van der Waals surface area contributed by atoms with Gasteiger partial charge in [0.05, 0.1) is 18.8 Å². The Morgan fingerprint density at radius 2 is 1.95 bits per heavy atom. The molecular formula is C16H18N2O2. The van der Waals surface area contributed by atoms with Gasteiger partial charge in [-0.15, -0.1) is 0 Å². The van der Waals surface area contributed by atoms with Gasteiger partial charge in [0.25, 0.3) is 5.91 Å². The number of benzene rings is 1. The number of methoxy groups -OCH3 is 1. The maximum Gasteiger partial charge on any atom is 0.251 e. The van der Waals surface area contributed by atoms with Crippen molar-refractivity contribution < 1.29 is 9.53 Å². The number of carbonyl (C=O) groups excluding carboxylic acids is 1. The standard InChI is InChI=1S/C16H18N2O2/c1-12-4-3-5-15(18-12)10-17-16(19)14-8-6-13(7-9-14)11-20-2/h3-9H,10-11H2,1-2H3,(H,17,19).